The minimum absolute atomic E-state index is 0.104. The Morgan fingerprint density at radius 1 is 1.35 bits per heavy atom. The van der Waals surface area contributed by atoms with Gasteiger partial charge >= 0.3 is 0 Å². The van der Waals surface area contributed by atoms with Gasteiger partial charge in [0.1, 0.15) is 6.29 Å². The Balaban J connectivity index is 3.86. The van der Waals surface area contributed by atoms with E-state index >= 15 is 0 Å². The normalized spacial score (nSPS) is 13.2. The number of rotatable bonds is 8. The SMILES string of the molecule is CC(C)(C)NCC(=O)N[C@H](C=O)CCCCN. The molecule has 0 aliphatic heterocycles. The molecule has 0 aliphatic carbocycles. The van der Waals surface area contributed by atoms with Gasteiger partial charge in [0.15, 0.2) is 0 Å². The van der Waals surface area contributed by atoms with Crippen molar-refractivity contribution in [3.05, 3.63) is 0 Å². The maximum Gasteiger partial charge on any atom is 0.234 e. The molecule has 17 heavy (non-hydrogen) atoms. The largest absolute Gasteiger partial charge is 0.345 e. The molecular weight excluding hydrogens is 218 g/mol. The van der Waals surface area contributed by atoms with Crippen LogP contribution in [-0.2, 0) is 9.59 Å². The molecular formula is C12H25N3O2. The first-order valence-corrected chi connectivity index (χ1v) is 6.09. The van der Waals surface area contributed by atoms with Gasteiger partial charge in [-0.2, -0.15) is 0 Å². The quantitative estimate of drug-likeness (QED) is 0.419. The van der Waals surface area contributed by atoms with E-state index in [0.29, 0.717) is 13.0 Å². The molecule has 0 heterocycles. The van der Waals surface area contributed by atoms with E-state index in [0.717, 1.165) is 19.1 Å². The van der Waals surface area contributed by atoms with Crippen molar-refractivity contribution in [3.63, 3.8) is 0 Å². The molecule has 0 rings (SSSR count). The highest BCUT2D eigenvalue weighted by Gasteiger charge is 2.14. The number of nitrogens with one attached hydrogen (secondary N) is 2. The van der Waals surface area contributed by atoms with Crippen molar-refractivity contribution in [2.45, 2.75) is 51.6 Å². The topological polar surface area (TPSA) is 84.2 Å². The minimum atomic E-state index is -0.393. The zero-order valence-electron chi connectivity index (χ0n) is 11.1. The molecule has 0 aromatic rings. The lowest BCUT2D eigenvalue weighted by atomic mass is 10.1. The second-order valence-corrected chi connectivity index (χ2v) is 5.20. The first-order chi connectivity index (χ1) is 7.89. The number of aldehydes is 1. The van der Waals surface area contributed by atoms with Crippen LogP contribution in [0.5, 0.6) is 0 Å². The van der Waals surface area contributed by atoms with E-state index in [1.165, 1.54) is 0 Å². The Bertz CT molecular complexity index is 236. The summed E-state index contributed by atoms with van der Waals surface area (Å²) in [6, 6.07) is -0.393. The van der Waals surface area contributed by atoms with Crippen LogP contribution in [0.15, 0.2) is 0 Å². The van der Waals surface area contributed by atoms with Crippen molar-refractivity contribution in [2.24, 2.45) is 5.73 Å². The summed E-state index contributed by atoms with van der Waals surface area (Å²) in [6.07, 6.45) is 3.17. The molecule has 1 atom stereocenters. The molecule has 0 aromatic heterocycles. The van der Waals surface area contributed by atoms with E-state index in [1.54, 1.807) is 0 Å². The summed E-state index contributed by atoms with van der Waals surface area (Å²) >= 11 is 0. The third kappa shape index (κ3) is 9.96. The second kappa shape index (κ2) is 8.20. The molecule has 0 saturated heterocycles. The molecule has 4 N–H and O–H groups in total. The summed E-state index contributed by atoms with van der Waals surface area (Å²) in [7, 11) is 0. The van der Waals surface area contributed by atoms with Gasteiger partial charge in [0, 0.05) is 5.54 Å². The zero-order chi connectivity index (χ0) is 13.3. The number of nitrogens with two attached hydrogens (primary N) is 1. The van der Waals surface area contributed by atoms with Gasteiger partial charge < -0.3 is 21.2 Å². The fraction of sp³-hybridized carbons (Fsp3) is 0.833. The molecule has 0 saturated carbocycles. The summed E-state index contributed by atoms with van der Waals surface area (Å²) in [5, 5.41) is 5.76. The Kier molecular flexibility index (Phi) is 7.74. The van der Waals surface area contributed by atoms with Crippen LogP contribution in [-0.4, -0.2) is 36.9 Å². The zero-order valence-corrected chi connectivity index (χ0v) is 11.1. The third-order valence-corrected chi connectivity index (χ3v) is 2.26. The number of amides is 1. The lowest BCUT2D eigenvalue weighted by molar-refractivity contribution is -0.123. The average Bonchev–Trinajstić information content (AvgIpc) is 2.24. The van der Waals surface area contributed by atoms with Crippen LogP contribution in [0, 0.1) is 0 Å². The van der Waals surface area contributed by atoms with E-state index < -0.39 is 6.04 Å². The maximum atomic E-state index is 11.5. The molecule has 0 spiro atoms. The molecule has 0 fully saturated rings. The molecule has 5 heteroatoms. The van der Waals surface area contributed by atoms with Gasteiger partial charge in [-0.3, -0.25) is 4.79 Å². The van der Waals surface area contributed by atoms with E-state index in [-0.39, 0.29) is 18.0 Å². The Morgan fingerprint density at radius 3 is 2.47 bits per heavy atom. The van der Waals surface area contributed by atoms with E-state index in [9.17, 15) is 9.59 Å². The van der Waals surface area contributed by atoms with Crippen LogP contribution in [0.2, 0.25) is 0 Å². The van der Waals surface area contributed by atoms with Crippen molar-refractivity contribution >= 4 is 12.2 Å². The van der Waals surface area contributed by atoms with Crippen LogP contribution in [0.3, 0.4) is 0 Å². The van der Waals surface area contributed by atoms with Crippen molar-refractivity contribution < 1.29 is 9.59 Å². The summed E-state index contributed by atoms with van der Waals surface area (Å²) in [5.74, 6) is -0.148. The van der Waals surface area contributed by atoms with E-state index in [2.05, 4.69) is 10.6 Å². The summed E-state index contributed by atoms with van der Waals surface area (Å²) in [6.45, 7) is 6.80. The van der Waals surface area contributed by atoms with Crippen molar-refractivity contribution in [3.8, 4) is 0 Å². The van der Waals surface area contributed by atoms with Crippen LogP contribution in [0.25, 0.3) is 0 Å². The second-order valence-electron chi connectivity index (χ2n) is 5.20. The molecule has 5 nitrogen and oxygen atoms in total. The van der Waals surface area contributed by atoms with Crippen molar-refractivity contribution in [1.82, 2.24) is 10.6 Å². The lowest BCUT2D eigenvalue weighted by Gasteiger charge is -2.21. The smallest absolute Gasteiger partial charge is 0.234 e. The number of unbranched alkanes of at least 4 members (excludes halogenated alkanes) is 1. The molecule has 0 aromatic carbocycles. The molecule has 0 aliphatic rings. The molecule has 0 radical (unpaired) electrons. The first-order valence-electron chi connectivity index (χ1n) is 6.09. The Hall–Kier alpha value is -0.940. The molecule has 0 unspecified atom stereocenters. The number of hydrogen-bond acceptors (Lipinski definition) is 4. The van der Waals surface area contributed by atoms with Crippen molar-refractivity contribution in [2.75, 3.05) is 13.1 Å². The summed E-state index contributed by atoms with van der Waals surface area (Å²) < 4.78 is 0. The van der Waals surface area contributed by atoms with E-state index in [4.69, 9.17) is 5.73 Å². The van der Waals surface area contributed by atoms with Crippen LogP contribution >= 0.6 is 0 Å². The standard InChI is InChI=1S/C12H25N3O2/c1-12(2,3)14-8-11(17)15-10(9-16)6-4-5-7-13/h9-10,14H,4-8,13H2,1-3H3,(H,15,17)/t10-/m0/s1. The monoisotopic (exact) mass is 243 g/mol. The van der Waals surface area contributed by atoms with Gasteiger partial charge in [0.25, 0.3) is 0 Å². The van der Waals surface area contributed by atoms with Crippen molar-refractivity contribution in [1.29, 1.82) is 0 Å². The maximum absolute atomic E-state index is 11.5. The molecule has 1 amide bonds. The summed E-state index contributed by atoms with van der Waals surface area (Å²) in [4.78, 5) is 22.3. The Labute approximate surface area is 104 Å². The average molecular weight is 243 g/mol. The van der Waals surface area contributed by atoms with Gasteiger partial charge in [-0.05, 0) is 46.6 Å². The van der Waals surface area contributed by atoms with Gasteiger partial charge in [-0.15, -0.1) is 0 Å². The van der Waals surface area contributed by atoms with Crippen LogP contribution in [0.1, 0.15) is 40.0 Å². The fourth-order valence-electron chi connectivity index (χ4n) is 1.29. The third-order valence-electron chi connectivity index (χ3n) is 2.26. The number of carbonyl (C=O) groups is 2. The van der Waals surface area contributed by atoms with Gasteiger partial charge in [0.2, 0.25) is 5.91 Å². The Morgan fingerprint density at radius 2 is 2.00 bits per heavy atom. The van der Waals surface area contributed by atoms with Crippen LogP contribution in [0.4, 0.5) is 0 Å². The number of hydrogen-bond donors (Lipinski definition) is 3. The molecule has 100 valence electrons. The van der Waals surface area contributed by atoms with Gasteiger partial charge in [-0.1, -0.05) is 0 Å². The fourth-order valence-corrected chi connectivity index (χ4v) is 1.29. The minimum Gasteiger partial charge on any atom is -0.345 e. The molecule has 0 bridgehead atoms. The highest BCUT2D eigenvalue weighted by atomic mass is 16.2. The summed E-state index contributed by atoms with van der Waals surface area (Å²) in [5.41, 5.74) is 5.26. The van der Waals surface area contributed by atoms with Gasteiger partial charge in [0.05, 0.1) is 12.6 Å². The predicted octanol–water partition coefficient (Wildman–Crippen LogP) is 0.187. The highest BCUT2D eigenvalue weighted by molar-refractivity contribution is 5.81. The number of carbonyl (C=O) groups excluding carboxylic acids is 2. The lowest BCUT2D eigenvalue weighted by Crippen LogP contribution is -2.46. The van der Waals surface area contributed by atoms with E-state index in [1.807, 2.05) is 20.8 Å². The van der Waals surface area contributed by atoms with Crippen LogP contribution < -0.4 is 16.4 Å². The predicted molar refractivity (Wildman–Crippen MR) is 68.7 cm³/mol. The van der Waals surface area contributed by atoms with Gasteiger partial charge in [-0.25, -0.2) is 0 Å². The first kappa shape index (κ1) is 16.1. The highest BCUT2D eigenvalue weighted by Crippen LogP contribution is 1.99.